The van der Waals surface area contributed by atoms with Crippen LogP contribution in [0.1, 0.15) is 45.4 Å². The number of anilines is 1. The van der Waals surface area contributed by atoms with Gasteiger partial charge in [-0.2, -0.15) is 0 Å². The van der Waals surface area contributed by atoms with E-state index < -0.39 is 0 Å². The zero-order chi connectivity index (χ0) is 18.4. The van der Waals surface area contributed by atoms with E-state index in [1.807, 2.05) is 23.9 Å². The van der Waals surface area contributed by atoms with E-state index >= 15 is 0 Å². The molecule has 1 saturated carbocycles. The van der Waals surface area contributed by atoms with Crippen molar-refractivity contribution in [2.75, 3.05) is 25.0 Å². The number of benzene rings is 1. The van der Waals surface area contributed by atoms with Crippen LogP contribution in [0.3, 0.4) is 0 Å². The van der Waals surface area contributed by atoms with Crippen molar-refractivity contribution >= 4 is 29.4 Å². The van der Waals surface area contributed by atoms with Crippen LogP contribution < -0.4 is 5.32 Å². The molecule has 2 amide bonds. The molecule has 0 spiro atoms. The number of carbonyl (C=O) groups is 2. The minimum absolute atomic E-state index is 0.0460. The third-order valence-electron chi connectivity index (χ3n) is 5.12. The first-order valence-electron chi connectivity index (χ1n) is 9.65. The first kappa shape index (κ1) is 19.1. The zero-order valence-electron chi connectivity index (χ0n) is 15.4. The lowest BCUT2D eigenvalue weighted by Gasteiger charge is -2.30. The second kappa shape index (κ2) is 9.31. The molecule has 1 N–H and O–H groups in total. The first-order chi connectivity index (χ1) is 12.7. The van der Waals surface area contributed by atoms with Crippen LogP contribution in [-0.4, -0.2) is 41.8 Å². The van der Waals surface area contributed by atoms with Crippen LogP contribution in [0.25, 0.3) is 0 Å². The summed E-state index contributed by atoms with van der Waals surface area (Å²) in [6.45, 7) is 3.34. The molecule has 0 radical (unpaired) electrons. The quantitative estimate of drug-likeness (QED) is 0.820. The van der Waals surface area contributed by atoms with Gasteiger partial charge in [0.15, 0.2) is 0 Å². The van der Waals surface area contributed by atoms with Crippen LogP contribution in [0.2, 0.25) is 0 Å². The highest BCUT2D eigenvalue weighted by molar-refractivity contribution is 8.00. The van der Waals surface area contributed by atoms with Gasteiger partial charge < -0.3 is 15.0 Å². The molecular weight excluding hydrogens is 348 g/mol. The highest BCUT2D eigenvalue weighted by Gasteiger charge is 2.28. The maximum atomic E-state index is 12.5. The molecule has 0 atom stereocenters. The third-order valence-corrected chi connectivity index (χ3v) is 6.47. The van der Waals surface area contributed by atoms with Crippen LogP contribution in [0.5, 0.6) is 0 Å². The van der Waals surface area contributed by atoms with Crippen LogP contribution >= 0.6 is 11.8 Å². The first-order valence-corrected chi connectivity index (χ1v) is 10.5. The Balaban J connectivity index is 1.45. The molecule has 0 aromatic heterocycles. The maximum absolute atomic E-state index is 12.5. The number of carbonyl (C=O) groups excluding carboxylic acids is 2. The Bertz CT molecular complexity index is 606. The number of amides is 2. The van der Waals surface area contributed by atoms with Gasteiger partial charge in [0.05, 0.1) is 6.61 Å². The van der Waals surface area contributed by atoms with E-state index in [-0.39, 0.29) is 17.9 Å². The minimum atomic E-state index is -0.276. The van der Waals surface area contributed by atoms with Gasteiger partial charge in [-0.05, 0) is 56.9 Å². The van der Waals surface area contributed by atoms with Crippen LogP contribution in [-0.2, 0) is 9.53 Å². The molecular formula is C20H28N2O3S. The fraction of sp³-hybridized carbons (Fsp3) is 0.600. The summed E-state index contributed by atoms with van der Waals surface area (Å²) in [5.41, 5.74) is 0.846. The van der Waals surface area contributed by atoms with Crippen molar-refractivity contribution < 1.29 is 14.3 Å². The van der Waals surface area contributed by atoms with E-state index in [0.717, 1.165) is 10.9 Å². The Labute approximate surface area is 159 Å². The molecule has 1 aromatic rings. The summed E-state index contributed by atoms with van der Waals surface area (Å²) < 4.78 is 5.02. The molecule has 3 rings (SSSR count). The molecule has 142 valence electrons. The molecule has 26 heavy (non-hydrogen) atoms. The van der Waals surface area contributed by atoms with Crippen molar-refractivity contribution in [3.63, 3.8) is 0 Å². The summed E-state index contributed by atoms with van der Waals surface area (Å²) in [7, 11) is 0. The molecule has 0 bridgehead atoms. The van der Waals surface area contributed by atoms with Gasteiger partial charge in [-0.1, -0.05) is 12.8 Å². The number of hydrogen-bond acceptors (Lipinski definition) is 4. The predicted molar refractivity (Wildman–Crippen MR) is 105 cm³/mol. The van der Waals surface area contributed by atoms with Crippen molar-refractivity contribution in [3.05, 3.63) is 24.3 Å². The summed E-state index contributed by atoms with van der Waals surface area (Å²) in [6.07, 6.45) is 6.41. The Hall–Kier alpha value is -1.69. The van der Waals surface area contributed by atoms with E-state index in [2.05, 4.69) is 17.4 Å². The molecule has 1 saturated heterocycles. The zero-order valence-corrected chi connectivity index (χ0v) is 16.2. The molecule has 2 fully saturated rings. The van der Waals surface area contributed by atoms with E-state index in [0.29, 0.717) is 32.5 Å². The number of rotatable bonds is 5. The summed E-state index contributed by atoms with van der Waals surface area (Å²) in [5.74, 6) is -0.00192. The average Bonchev–Trinajstić information content (AvgIpc) is 3.17. The number of piperidine rings is 1. The normalized spacial score (nSPS) is 18.7. The maximum Gasteiger partial charge on any atom is 0.409 e. The summed E-state index contributed by atoms with van der Waals surface area (Å²) in [5, 5.41) is 3.77. The number of thioether (sulfide) groups is 1. The van der Waals surface area contributed by atoms with Gasteiger partial charge in [-0.15, -0.1) is 11.8 Å². The van der Waals surface area contributed by atoms with Crippen LogP contribution in [0, 0.1) is 5.92 Å². The largest absolute Gasteiger partial charge is 0.450 e. The topological polar surface area (TPSA) is 58.6 Å². The van der Waals surface area contributed by atoms with Gasteiger partial charge in [0.1, 0.15) is 0 Å². The van der Waals surface area contributed by atoms with Gasteiger partial charge >= 0.3 is 6.09 Å². The monoisotopic (exact) mass is 376 g/mol. The van der Waals surface area contributed by atoms with E-state index in [1.165, 1.54) is 30.6 Å². The fourth-order valence-electron chi connectivity index (χ4n) is 3.60. The summed E-state index contributed by atoms with van der Waals surface area (Å²) in [4.78, 5) is 27.2. The highest BCUT2D eigenvalue weighted by atomic mass is 32.2. The SMILES string of the molecule is CCOC(=O)N1CCC(C(=O)Nc2ccc(SC3CCCC3)cc2)CC1. The number of likely N-dealkylation sites (tertiary alicyclic amines) is 1. The molecule has 2 aliphatic rings. The minimum Gasteiger partial charge on any atom is -0.450 e. The summed E-state index contributed by atoms with van der Waals surface area (Å²) >= 11 is 1.95. The van der Waals surface area contributed by atoms with Crippen LogP contribution in [0.15, 0.2) is 29.2 Å². The van der Waals surface area contributed by atoms with Gasteiger partial charge in [0.25, 0.3) is 0 Å². The number of nitrogens with one attached hydrogen (secondary N) is 1. The van der Waals surface area contributed by atoms with Gasteiger partial charge in [0.2, 0.25) is 5.91 Å². The molecule has 6 heteroatoms. The Morgan fingerprint density at radius 3 is 2.38 bits per heavy atom. The lowest BCUT2D eigenvalue weighted by molar-refractivity contribution is -0.121. The molecule has 1 aromatic carbocycles. The van der Waals surface area contributed by atoms with E-state index in [1.54, 1.807) is 11.8 Å². The van der Waals surface area contributed by atoms with Crippen molar-refractivity contribution in [1.82, 2.24) is 4.90 Å². The van der Waals surface area contributed by atoms with Crippen molar-refractivity contribution in [1.29, 1.82) is 0 Å². The Morgan fingerprint density at radius 2 is 1.77 bits per heavy atom. The van der Waals surface area contributed by atoms with Crippen molar-refractivity contribution in [2.45, 2.75) is 55.6 Å². The molecule has 1 heterocycles. The molecule has 0 unspecified atom stereocenters. The lowest BCUT2D eigenvalue weighted by Crippen LogP contribution is -2.41. The Kier molecular flexibility index (Phi) is 6.83. The van der Waals surface area contributed by atoms with E-state index in [9.17, 15) is 9.59 Å². The lowest BCUT2D eigenvalue weighted by atomic mass is 9.96. The third kappa shape index (κ3) is 5.16. The number of nitrogens with zero attached hydrogens (tertiary/aromatic N) is 1. The standard InChI is InChI=1S/C20H28N2O3S/c1-2-25-20(24)22-13-11-15(12-14-22)19(23)21-16-7-9-18(10-8-16)26-17-5-3-4-6-17/h7-10,15,17H,2-6,11-14H2,1H3,(H,21,23). The number of ether oxygens (including phenoxy) is 1. The van der Waals surface area contributed by atoms with Crippen LogP contribution in [0.4, 0.5) is 10.5 Å². The molecule has 1 aliphatic carbocycles. The molecule has 5 nitrogen and oxygen atoms in total. The fourth-order valence-corrected chi connectivity index (χ4v) is 4.85. The van der Waals surface area contributed by atoms with E-state index in [4.69, 9.17) is 4.74 Å². The van der Waals surface area contributed by atoms with Gasteiger partial charge in [-0.3, -0.25) is 4.79 Å². The second-order valence-electron chi connectivity index (χ2n) is 7.00. The van der Waals surface area contributed by atoms with Crippen molar-refractivity contribution in [2.24, 2.45) is 5.92 Å². The second-order valence-corrected chi connectivity index (χ2v) is 8.37. The van der Waals surface area contributed by atoms with Crippen molar-refractivity contribution in [3.8, 4) is 0 Å². The number of hydrogen-bond donors (Lipinski definition) is 1. The Morgan fingerprint density at radius 1 is 1.12 bits per heavy atom. The average molecular weight is 377 g/mol. The molecule has 1 aliphatic heterocycles. The predicted octanol–water partition coefficient (Wildman–Crippen LogP) is 4.53. The van der Waals surface area contributed by atoms with Gasteiger partial charge in [0, 0.05) is 34.8 Å². The smallest absolute Gasteiger partial charge is 0.409 e. The highest BCUT2D eigenvalue weighted by Crippen LogP contribution is 2.35. The summed E-state index contributed by atoms with van der Waals surface area (Å²) in [6, 6.07) is 8.18. The van der Waals surface area contributed by atoms with Gasteiger partial charge in [-0.25, -0.2) is 4.79 Å².